The molecular weight excluding hydrogens is 562 g/mol. The van der Waals surface area contributed by atoms with Crippen molar-refractivity contribution in [2.24, 2.45) is 5.10 Å². The first-order chi connectivity index (χ1) is 21.3. The van der Waals surface area contributed by atoms with E-state index in [0.29, 0.717) is 41.6 Å². The predicted octanol–water partition coefficient (Wildman–Crippen LogP) is 6.10. The first kappa shape index (κ1) is 31.7. The summed E-state index contributed by atoms with van der Waals surface area (Å²) in [6, 6.07) is 18.7. The van der Waals surface area contributed by atoms with Crippen LogP contribution in [0.5, 0.6) is 17.2 Å². The summed E-state index contributed by atoms with van der Waals surface area (Å²) in [6.45, 7) is 12.0. The van der Waals surface area contributed by atoms with E-state index in [1.807, 2.05) is 37.3 Å². The van der Waals surface area contributed by atoms with E-state index < -0.39 is 11.9 Å². The van der Waals surface area contributed by atoms with Crippen LogP contribution in [0, 0.1) is 13.8 Å². The Morgan fingerprint density at radius 3 is 2.39 bits per heavy atom. The summed E-state index contributed by atoms with van der Waals surface area (Å²) in [5, 5.41) is 4.08. The first-order valence-electron chi connectivity index (χ1n) is 14.3. The molecule has 2 aromatic carbocycles. The summed E-state index contributed by atoms with van der Waals surface area (Å²) >= 11 is 0. The lowest BCUT2D eigenvalue weighted by Crippen LogP contribution is -2.17. The molecule has 0 bridgehead atoms. The van der Waals surface area contributed by atoms with Gasteiger partial charge in [-0.05, 0) is 100 Å². The van der Waals surface area contributed by atoms with Crippen molar-refractivity contribution in [3.05, 3.63) is 107 Å². The van der Waals surface area contributed by atoms with Gasteiger partial charge in [0.25, 0.3) is 0 Å². The molecule has 0 radical (unpaired) electrons. The van der Waals surface area contributed by atoms with Crippen LogP contribution in [0.2, 0.25) is 0 Å². The van der Waals surface area contributed by atoms with E-state index in [1.165, 1.54) is 6.21 Å². The number of esters is 1. The Morgan fingerprint density at radius 2 is 1.70 bits per heavy atom. The number of rotatable bonds is 15. The third-order valence-electron chi connectivity index (χ3n) is 6.47. The van der Waals surface area contributed by atoms with Gasteiger partial charge in [0.1, 0.15) is 18.1 Å². The van der Waals surface area contributed by atoms with Crippen LogP contribution in [0.4, 0.5) is 0 Å². The van der Waals surface area contributed by atoms with Gasteiger partial charge < -0.3 is 27.9 Å². The van der Waals surface area contributed by atoms with Crippen LogP contribution in [0.15, 0.2) is 82.8 Å². The quantitative estimate of drug-likeness (QED) is 0.0760. The normalized spacial score (nSPS) is 10.9. The molecule has 0 fully saturated rings. The smallest absolute Gasteiger partial charge is 0.344 e. The van der Waals surface area contributed by atoms with Gasteiger partial charge in [-0.2, -0.15) is 5.10 Å². The topological polar surface area (TPSA) is 114 Å². The highest BCUT2D eigenvalue weighted by atomic mass is 16.6. The Hall–Kier alpha value is -5.25. The largest absolute Gasteiger partial charge is 0.490 e. The Labute approximate surface area is 256 Å². The second kappa shape index (κ2) is 15.3. The molecule has 44 heavy (non-hydrogen) atoms. The van der Waals surface area contributed by atoms with Gasteiger partial charge in [0.2, 0.25) is 0 Å². The zero-order chi connectivity index (χ0) is 31.5. The third-order valence-corrected chi connectivity index (χ3v) is 6.47. The minimum atomic E-state index is -0.514. The van der Waals surface area contributed by atoms with E-state index in [2.05, 4.69) is 47.7 Å². The Morgan fingerprint density at radius 1 is 0.955 bits per heavy atom. The summed E-state index contributed by atoms with van der Waals surface area (Å²) < 4.78 is 30.1. The molecule has 10 nitrogen and oxygen atoms in total. The monoisotopic (exact) mass is 599 g/mol. The van der Waals surface area contributed by atoms with Crippen LogP contribution in [-0.4, -0.2) is 42.5 Å². The van der Waals surface area contributed by atoms with Crippen molar-refractivity contribution < 1.29 is 33.0 Å². The van der Waals surface area contributed by atoms with Gasteiger partial charge in [0, 0.05) is 22.6 Å². The van der Waals surface area contributed by atoms with Crippen LogP contribution in [0.1, 0.15) is 52.7 Å². The number of ether oxygens (including phenoxy) is 4. The average Bonchev–Trinajstić information content (AvgIpc) is 3.62. The van der Waals surface area contributed by atoms with E-state index in [9.17, 15) is 9.59 Å². The van der Waals surface area contributed by atoms with Crippen molar-refractivity contribution in [1.29, 1.82) is 0 Å². The summed E-state index contributed by atoms with van der Waals surface area (Å²) in [5.41, 5.74) is 7.23. The van der Waals surface area contributed by atoms with Crippen molar-refractivity contribution in [1.82, 2.24) is 9.99 Å². The van der Waals surface area contributed by atoms with Crippen LogP contribution in [-0.2, 0) is 22.6 Å². The summed E-state index contributed by atoms with van der Waals surface area (Å²) in [4.78, 5) is 24.5. The maximum Gasteiger partial charge on any atom is 0.344 e. The zero-order valence-corrected chi connectivity index (χ0v) is 25.4. The standard InChI is InChI=1S/C34H37N3O7/c1-6-9-26-18-25(19-31(40-7-2)33(26)43-22-32(38)41-8-3)20-35-36-34(39)30-17-16-29(44-30)21-42-28-14-12-27(13-15-28)37-23(4)10-11-24(37)5/h6,10-20H,1,7-9,21-22H2,2-5H3,(H,36,39)/b35-20+. The molecule has 0 unspecified atom stereocenters. The lowest BCUT2D eigenvalue weighted by atomic mass is 10.1. The minimum absolute atomic E-state index is 0.0970. The zero-order valence-electron chi connectivity index (χ0n) is 25.4. The molecule has 0 saturated heterocycles. The van der Waals surface area contributed by atoms with E-state index in [1.54, 1.807) is 31.2 Å². The van der Waals surface area contributed by atoms with Crippen molar-refractivity contribution in [3.63, 3.8) is 0 Å². The van der Waals surface area contributed by atoms with Crippen LogP contribution in [0.25, 0.3) is 5.69 Å². The molecule has 0 atom stereocenters. The van der Waals surface area contributed by atoms with Crippen LogP contribution >= 0.6 is 0 Å². The molecule has 0 aliphatic heterocycles. The number of nitrogens with zero attached hydrogens (tertiary/aromatic N) is 2. The number of hydrogen-bond acceptors (Lipinski definition) is 8. The van der Waals surface area contributed by atoms with E-state index in [0.717, 1.165) is 22.6 Å². The molecule has 0 saturated carbocycles. The second-order valence-electron chi connectivity index (χ2n) is 9.73. The van der Waals surface area contributed by atoms with Crippen molar-refractivity contribution >= 4 is 18.1 Å². The Bertz CT molecular complexity index is 1600. The lowest BCUT2D eigenvalue weighted by Gasteiger charge is -2.16. The van der Waals surface area contributed by atoms with Gasteiger partial charge in [-0.25, -0.2) is 10.2 Å². The van der Waals surface area contributed by atoms with Gasteiger partial charge in [-0.3, -0.25) is 4.79 Å². The van der Waals surface area contributed by atoms with Crippen LogP contribution in [0.3, 0.4) is 0 Å². The Balaban J connectivity index is 1.36. The highest BCUT2D eigenvalue weighted by Crippen LogP contribution is 2.33. The van der Waals surface area contributed by atoms with E-state index in [-0.39, 0.29) is 25.6 Å². The van der Waals surface area contributed by atoms with E-state index >= 15 is 0 Å². The predicted molar refractivity (Wildman–Crippen MR) is 167 cm³/mol. The fraction of sp³-hybridized carbons (Fsp3) is 0.265. The number of amides is 1. The number of aryl methyl sites for hydroxylation is 2. The molecule has 2 aromatic heterocycles. The number of allylic oxidation sites excluding steroid dienone is 1. The molecule has 4 aromatic rings. The SMILES string of the molecule is C=CCc1cc(/C=N/NC(=O)c2ccc(COc3ccc(-n4c(C)ccc4C)cc3)o2)cc(OCC)c1OCC(=O)OCC. The number of benzene rings is 2. The molecule has 1 N–H and O–H groups in total. The second-order valence-corrected chi connectivity index (χ2v) is 9.73. The molecular formula is C34H37N3O7. The highest BCUT2D eigenvalue weighted by Gasteiger charge is 2.16. The van der Waals surface area contributed by atoms with Gasteiger partial charge in [0.05, 0.1) is 19.4 Å². The molecule has 2 heterocycles. The Kier molecular flexibility index (Phi) is 11.0. The molecule has 230 valence electrons. The fourth-order valence-electron chi connectivity index (χ4n) is 4.55. The van der Waals surface area contributed by atoms with Crippen molar-refractivity contribution in [2.75, 3.05) is 19.8 Å². The molecule has 0 aliphatic rings. The van der Waals surface area contributed by atoms with E-state index in [4.69, 9.17) is 23.4 Å². The molecule has 4 rings (SSSR count). The van der Waals surface area contributed by atoms with Gasteiger partial charge in [-0.1, -0.05) is 6.08 Å². The van der Waals surface area contributed by atoms with Gasteiger partial charge in [0.15, 0.2) is 23.9 Å². The number of carbonyl (C=O) groups is 2. The van der Waals surface area contributed by atoms with Crippen molar-refractivity contribution in [2.45, 2.75) is 40.7 Å². The highest BCUT2D eigenvalue weighted by molar-refractivity contribution is 5.92. The summed E-state index contributed by atoms with van der Waals surface area (Å²) in [5.74, 6) is 1.14. The minimum Gasteiger partial charge on any atom is -0.490 e. The van der Waals surface area contributed by atoms with Crippen molar-refractivity contribution in [3.8, 4) is 22.9 Å². The number of nitrogens with one attached hydrogen (secondary N) is 1. The molecule has 1 amide bonds. The maximum absolute atomic E-state index is 12.7. The molecule has 0 aliphatic carbocycles. The number of furan rings is 1. The number of hydrogen-bond donors (Lipinski definition) is 1. The first-order valence-corrected chi connectivity index (χ1v) is 14.3. The van der Waals surface area contributed by atoms with Gasteiger partial charge in [-0.15, -0.1) is 6.58 Å². The maximum atomic E-state index is 12.7. The molecule has 10 heteroatoms. The third kappa shape index (κ3) is 8.19. The number of aromatic nitrogens is 1. The van der Waals surface area contributed by atoms with Gasteiger partial charge >= 0.3 is 11.9 Å². The summed E-state index contributed by atoms with van der Waals surface area (Å²) in [7, 11) is 0. The fourth-order valence-corrected chi connectivity index (χ4v) is 4.55. The number of hydrazone groups is 1. The number of carbonyl (C=O) groups excluding carboxylic acids is 2. The lowest BCUT2D eigenvalue weighted by molar-refractivity contribution is -0.145. The molecule has 0 spiro atoms. The summed E-state index contributed by atoms with van der Waals surface area (Å²) in [6.07, 6.45) is 3.65. The van der Waals surface area contributed by atoms with Crippen LogP contribution < -0.4 is 19.6 Å². The average molecular weight is 600 g/mol.